The number of carbonyl (C=O) groups is 1. The summed E-state index contributed by atoms with van der Waals surface area (Å²) in [5.74, 6) is 0.620. The molecule has 1 aromatic rings. The zero-order valence-corrected chi connectivity index (χ0v) is 17.8. The predicted octanol–water partition coefficient (Wildman–Crippen LogP) is 3.54. The molecule has 3 aliphatic rings. The van der Waals surface area contributed by atoms with Crippen molar-refractivity contribution in [2.45, 2.75) is 42.6 Å². The zero-order valence-electron chi connectivity index (χ0n) is 15.4. The summed E-state index contributed by atoms with van der Waals surface area (Å²) >= 11 is 3.34. The van der Waals surface area contributed by atoms with Gasteiger partial charge >= 0.3 is 0 Å². The first-order chi connectivity index (χ1) is 13.3. The number of nitrogens with zero attached hydrogens (tertiary/aromatic N) is 4. The summed E-state index contributed by atoms with van der Waals surface area (Å²) in [6.45, 7) is 0. The van der Waals surface area contributed by atoms with E-state index < -0.39 is 26.8 Å². The highest BCUT2D eigenvalue weighted by atomic mass is 79.9. The quantitative estimate of drug-likeness (QED) is 0.284. The highest BCUT2D eigenvalue weighted by Crippen LogP contribution is 2.60. The molecular weight excluding hydrogens is 448 g/mol. The minimum atomic E-state index is -3.68. The number of halogens is 1. The van der Waals surface area contributed by atoms with Crippen LogP contribution in [-0.4, -0.2) is 42.4 Å². The van der Waals surface area contributed by atoms with Crippen LogP contribution in [0.4, 0.5) is 0 Å². The van der Waals surface area contributed by atoms with Gasteiger partial charge in [-0.05, 0) is 54.8 Å². The van der Waals surface area contributed by atoms with Crippen LogP contribution in [0.3, 0.4) is 0 Å². The van der Waals surface area contributed by atoms with E-state index in [0.29, 0.717) is 17.2 Å². The van der Waals surface area contributed by atoms with Gasteiger partial charge in [0.05, 0.1) is 24.9 Å². The first-order valence-corrected chi connectivity index (χ1v) is 11.7. The maximum Gasteiger partial charge on any atom is 0.250 e. The number of fused-ring (bicyclic) bond motifs is 1. The predicted molar refractivity (Wildman–Crippen MR) is 106 cm³/mol. The van der Waals surface area contributed by atoms with E-state index in [-0.39, 0.29) is 17.2 Å². The van der Waals surface area contributed by atoms with Crippen molar-refractivity contribution < 1.29 is 17.9 Å². The second-order valence-corrected chi connectivity index (χ2v) is 10.8. The average molecular weight is 469 g/mol. The van der Waals surface area contributed by atoms with Crippen LogP contribution in [0.15, 0.2) is 29.4 Å². The second-order valence-electron chi connectivity index (χ2n) is 7.94. The molecule has 1 saturated heterocycles. The fraction of sp³-hybridized carbons (Fsp3) is 0.611. The molecule has 0 aromatic heterocycles. The standard InChI is InChI=1S/C18H21BrN4O4S/c1-27-13-4-2-12(3-5-13)16(21-22-20)15(19)17(24)23-14-8-11-6-7-18(14,9-11)10-28(23,25)26/h2-5,11,14-16H,6-10H2,1H3/t11?,14?,15-,16-,18?/m0/s1. The van der Waals surface area contributed by atoms with E-state index in [1.807, 2.05) is 0 Å². The lowest BCUT2D eigenvalue weighted by molar-refractivity contribution is -0.128. The molecule has 5 atom stereocenters. The fourth-order valence-corrected chi connectivity index (χ4v) is 8.41. The molecule has 0 radical (unpaired) electrons. The molecule has 3 fully saturated rings. The molecule has 3 unspecified atom stereocenters. The maximum atomic E-state index is 13.3. The molecule has 0 N–H and O–H groups in total. The average Bonchev–Trinajstić information content (AvgIpc) is 3.28. The smallest absolute Gasteiger partial charge is 0.250 e. The van der Waals surface area contributed by atoms with Crippen molar-refractivity contribution in [3.05, 3.63) is 40.3 Å². The largest absolute Gasteiger partial charge is 0.497 e. The van der Waals surface area contributed by atoms with Crippen molar-refractivity contribution in [2.24, 2.45) is 16.4 Å². The Morgan fingerprint density at radius 3 is 2.75 bits per heavy atom. The van der Waals surface area contributed by atoms with Crippen molar-refractivity contribution in [3.8, 4) is 5.75 Å². The third-order valence-corrected chi connectivity index (χ3v) is 9.29. The van der Waals surface area contributed by atoms with Gasteiger partial charge in [0.2, 0.25) is 10.0 Å². The van der Waals surface area contributed by atoms with Gasteiger partial charge in [0.1, 0.15) is 10.6 Å². The lowest BCUT2D eigenvalue weighted by Crippen LogP contribution is -2.46. The number of ether oxygens (including phenoxy) is 1. The molecule has 1 aromatic carbocycles. The molecule has 2 bridgehead atoms. The number of amides is 1. The SMILES string of the molecule is COc1ccc([C@H](N=[N+]=[N-])[C@H](Br)C(=O)N2C3CC4CCC3(C4)CS2(=O)=O)cc1. The molecule has 150 valence electrons. The van der Waals surface area contributed by atoms with E-state index >= 15 is 0 Å². The molecular formula is C18H21BrN4O4S. The van der Waals surface area contributed by atoms with Gasteiger partial charge in [-0.3, -0.25) is 4.79 Å². The van der Waals surface area contributed by atoms with Crippen molar-refractivity contribution in [1.82, 2.24) is 4.31 Å². The van der Waals surface area contributed by atoms with Crippen LogP contribution in [0, 0.1) is 11.3 Å². The maximum absolute atomic E-state index is 13.3. The van der Waals surface area contributed by atoms with Crippen molar-refractivity contribution in [1.29, 1.82) is 0 Å². The van der Waals surface area contributed by atoms with Gasteiger partial charge in [-0.25, -0.2) is 12.7 Å². The van der Waals surface area contributed by atoms with E-state index in [0.717, 1.165) is 30.0 Å². The number of hydrogen-bond acceptors (Lipinski definition) is 5. The number of hydrogen-bond donors (Lipinski definition) is 0. The molecule has 4 rings (SSSR count). The second kappa shape index (κ2) is 6.93. The fourth-order valence-electron chi connectivity index (χ4n) is 5.24. The van der Waals surface area contributed by atoms with Gasteiger partial charge in [0, 0.05) is 10.3 Å². The van der Waals surface area contributed by atoms with Gasteiger partial charge in [-0.15, -0.1) is 0 Å². The number of rotatable bonds is 5. The summed E-state index contributed by atoms with van der Waals surface area (Å²) in [5.41, 5.74) is 9.32. The summed E-state index contributed by atoms with van der Waals surface area (Å²) in [6, 6.07) is 5.68. The number of sulfonamides is 1. The Kier molecular flexibility index (Phi) is 4.84. The Hall–Kier alpha value is -1.77. The summed E-state index contributed by atoms with van der Waals surface area (Å²) in [6.07, 6.45) is 3.51. The van der Waals surface area contributed by atoms with Crippen LogP contribution < -0.4 is 4.74 Å². The third-order valence-electron chi connectivity index (χ3n) is 6.43. The zero-order chi connectivity index (χ0) is 20.1. The minimum Gasteiger partial charge on any atom is -0.497 e. The van der Waals surface area contributed by atoms with E-state index in [4.69, 9.17) is 10.3 Å². The number of methoxy groups -OCH3 is 1. The number of carbonyl (C=O) groups excluding carboxylic acids is 1. The molecule has 1 aliphatic heterocycles. The summed E-state index contributed by atoms with van der Waals surface area (Å²) in [7, 11) is -2.13. The van der Waals surface area contributed by atoms with Gasteiger partial charge in [-0.1, -0.05) is 33.2 Å². The van der Waals surface area contributed by atoms with Crippen LogP contribution >= 0.6 is 15.9 Å². The lowest BCUT2D eigenvalue weighted by Gasteiger charge is -2.32. The minimum absolute atomic E-state index is 0.0430. The van der Waals surface area contributed by atoms with Crippen molar-refractivity contribution >= 4 is 31.9 Å². The Balaban J connectivity index is 1.64. The van der Waals surface area contributed by atoms with Crippen LogP contribution in [-0.2, 0) is 14.8 Å². The first-order valence-electron chi connectivity index (χ1n) is 9.19. The van der Waals surface area contributed by atoms with Gasteiger partial charge in [-0.2, -0.15) is 0 Å². The third kappa shape index (κ3) is 2.98. The molecule has 10 heteroatoms. The highest BCUT2D eigenvalue weighted by molar-refractivity contribution is 9.10. The van der Waals surface area contributed by atoms with Crippen LogP contribution in [0.2, 0.25) is 0 Å². The summed E-state index contributed by atoms with van der Waals surface area (Å²) < 4.78 is 32.0. The topological polar surface area (TPSA) is 112 Å². The molecule has 2 saturated carbocycles. The van der Waals surface area contributed by atoms with E-state index in [1.54, 1.807) is 31.4 Å². The van der Waals surface area contributed by atoms with E-state index in [2.05, 4.69) is 26.0 Å². The van der Waals surface area contributed by atoms with Crippen LogP contribution in [0.1, 0.15) is 37.3 Å². The molecule has 28 heavy (non-hydrogen) atoms. The summed E-state index contributed by atoms with van der Waals surface area (Å²) in [4.78, 5) is 15.2. The van der Waals surface area contributed by atoms with Crippen LogP contribution in [0.5, 0.6) is 5.75 Å². The first kappa shape index (κ1) is 19.5. The Morgan fingerprint density at radius 2 is 2.14 bits per heavy atom. The molecule has 2 aliphatic carbocycles. The van der Waals surface area contributed by atoms with Crippen molar-refractivity contribution in [3.63, 3.8) is 0 Å². The van der Waals surface area contributed by atoms with E-state index in [1.165, 1.54) is 0 Å². The number of benzene rings is 1. The Labute approximate surface area is 172 Å². The lowest BCUT2D eigenvalue weighted by atomic mass is 9.81. The molecule has 8 nitrogen and oxygen atoms in total. The van der Waals surface area contributed by atoms with Crippen LogP contribution in [0.25, 0.3) is 10.4 Å². The summed E-state index contributed by atoms with van der Waals surface area (Å²) in [5, 5.41) is 3.77. The molecule has 1 amide bonds. The Morgan fingerprint density at radius 1 is 1.43 bits per heavy atom. The normalized spacial score (nSPS) is 31.7. The molecule has 1 spiro atoms. The number of azide groups is 1. The Bertz CT molecular complexity index is 947. The highest BCUT2D eigenvalue weighted by Gasteiger charge is 2.64. The van der Waals surface area contributed by atoms with Gasteiger partial charge in [0.25, 0.3) is 5.91 Å². The number of alkyl halides is 1. The molecule has 1 heterocycles. The van der Waals surface area contributed by atoms with Crippen molar-refractivity contribution in [2.75, 3.05) is 12.9 Å². The van der Waals surface area contributed by atoms with E-state index in [9.17, 15) is 13.2 Å². The monoisotopic (exact) mass is 468 g/mol. The van der Waals surface area contributed by atoms with Gasteiger partial charge in [0.15, 0.2) is 0 Å². The van der Waals surface area contributed by atoms with Gasteiger partial charge < -0.3 is 4.74 Å².